The van der Waals surface area contributed by atoms with Gasteiger partial charge >= 0.3 is 12.0 Å². The van der Waals surface area contributed by atoms with E-state index in [1.807, 2.05) is 20.8 Å². The minimum atomic E-state index is -1.29. The van der Waals surface area contributed by atoms with Crippen molar-refractivity contribution in [3.63, 3.8) is 0 Å². The number of nitrogens with one attached hydrogen (secondary N) is 1. The number of halogens is 1. The summed E-state index contributed by atoms with van der Waals surface area (Å²) in [5.74, 6) is -1.84. The molecule has 1 aromatic carbocycles. The Morgan fingerprint density at radius 2 is 1.90 bits per heavy atom. The van der Waals surface area contributed by atoms with Gasteiger partial charge in [0.2, 0.25) is 0 Å². The van der Waals surface area contributed by atoms with Crippen LogP contribution in [0.2, 0.25) is 0 Å². The molecule has 2 N–H and O–H groups in total. The number of nitrogens with zero attached hydrogens (tertiary/aromatic N) is 1. The molecule has 1 atom stereocenters. The first-order valence-electron chi connectivity index (χ1n) is 6.31. The van der Waals surface area contributed by atoms with Crippen LogP contribution < -0.4 is 5.32 Å². The fraction of sp³-hybridized carbons (Fsp3) is 0.429. The van der Waals surface area contributed by atoms with Crippen molar-refractivity contribution in [2.24, 2.45) is 5.92 Å². The van der Waals surface area contributed by atoms with Gasteiger partial charge in [0.25, 0.3) is 0 Å². The Kier molecular flexibility index (Phi) is 5.07. The quantitative estimate of drug-likeness (QED) is 0.891. The van der Waals surface area contributed by atoms with Crippen molar-refractivity contribution in [1.82, 2.24) is 4.90 Å². The normalized spacial score (nSPS) is 12.1. The van der Waals surface area contributed by atoms with Crippen molar-refractivity contribution in [2.45, 2.75) is 26.8 Å². The molecular weight excluding hydrogens is 263 g/mol. The van der Waals surface area contributed by atoms with Gasteiger partial charge in [0.15, 0.2) is 0 Å². The lowest BCUT2D eigenvalue weighted by Crippen LogP contribution is -2.41. The molecule has 0 fully saturated rings. The average molecular weight is 282 g/mol. The minimum absolute atomic E-state index is 0.0601. The maximum absolute atomic E-state index is 13.7. The van der Waals surface area contributed by atoms with Crippen LogP contribution in [-0.4, -0.2) is 35.1 Å². The molecule has 20 heavy (non-hydrogen) atoms. The maximum Gasteiger partial charge on any atom is 0.337 e. The number of para-hydroxylation sites is 1. The molecule has 0 heterocycles. The van der Waals surface area contributed by atoms with Crippen molar-refractivity contribution in [3.05, 3.63) is 29.6 Å². The smallest absolute Gasteiger partial charge is 0.337 e. The van der Waals surface area contributed by atoms with Gasteiger partial charge in [-0.25, -0.2) is 14.0 Å². The van der Waals surface area contributed by atoms with Gasteiger partial charge in [-0.2, -0.15) is 0 Å². The Morgan fingerprint density at radius 3 is 2.40 bits per heavy atom. The monoisotopic (exact) mass is 282 g/mol. The second kappa shape index (κ2) is 6.36. The van der Waals surface area contributed by atoms with Gasteiger partial charge in [-0.05, 0) is 25.0 Å². The molecule has 0 aliphatic heterocycles. The summed E-state index contributed by atoms with van der Waals surface area (Å²) < 4.78 is 13.7. The lowest BCUT2D eigenvalue weighted by molar-refractivity contribution is 0.0697. The van der Waals surface area contributed by atoms with Gasteiger partial charge in [-0.3, -0.25) is 0 Å². The third-order valence-electron chi connectivity index (χ3n) is 3.37. The number of amides is 2. The lowest BCUT2D eigenvalue weighted by atomic mass is 10.1. The van der Waals surface area contributed by atoms with Gasteiger partial charge in [-0.15, -0.1) is 0 Å². The minimum Gasteiger partial charge on any atom is -0.478 e. The number of carboxylic acids is 1. The van der Waals surface area contributed by atoms with Crippen LogP contribution in [0.3, 0.4) is 0 Å². The molecule has 2 amide bonds. The van der Waals surface area contributed by atoms with E-state index in [0.29, 0.717) is 0 Å². The van der Waals surface area contributed by atoms with Crippen LogP contribution >= 0.6 is 0 Å². The number of carbonyl (C=O) groups is 2. The summed E-state index contributed by atoms with van der Waals surface area (Å²) >= 11 is 0. The van der Waals surface area contributed by atoms with E-state index >= 15 is 0 Å². The molecule has 1 aromatic rings. The highest BCUT2D eigenvalue weighted by Crippen LogP contribution is 2.21. The Hall–Kier alpha value is -2.11. The molecule has 0 saturated carbocycles. The van der Waals surface area contributed by atoms with Gasteiger partial charge in [0.1, 0.15) is 5.82 Å². The third kappa shape index (κ3) is 3.46. The van der Waals surface area contributed by atoms with E-state index in [4.69, 9.17) is 5.11 Å². The lowest BCUT2D eigenvalue weighted by Gasteiger charge is -2.28. The Bertz CT molecular complexity index is 517. The first-order valence-corrected chi connectivity index (χ1v) is 6.31. The van der Waals surface area contributed by atoms with Gasteiger partial charge in [0, 0.05) is 13.1 Å². The van der Waals surface area contributed by atoms with Gasteiger partial charge in [0.05, 0.1) is 11.3 Å². The Balaban J connectivity index is 2.99. The first-order chi connectivity index (χ1) is 9.25. The number of urea groups is 1. The SMILES string of the molecule is CC(C)C(C)N(C)C(=O)Nc1c(F)cccc1C(=O)O. The second-order valence-electron chi connectivity index (χ2n) is 4.99. The van der Waals surface area contributed by atoms with E-state index in [2.05, 4.69) is 5.32 Å². The predicted octanol–water partition coefficient (Wildman–Crippen LogP) is 3.03. The van der Waals surface area contributed by atoms with Crippen molar-refractivity contribution >= 4 is 17.7 Å². The zero-order valence-electron chi connectivity index (χ0n) is 12.0. The molecule has 0 aliphatic rings. The summed E-state index contributed by atoms with van der Waals surface area (Å²) in [5, 5.41) is 11.3. The van der Waals surface area contributed by atoms with E-state index in [1.54, 1.807) is 7.05 Å². The molecule has 0 aromatic heterocycles. The number of carbonyl (C=O) groups excluding carboxylic acids is 1. The van der Waals surface area contributed by atoms with E-state index in [1.165, 1.54) is 17.0 Å². The molecule has 110 valence electrons. The predicted molar refractivity (Wildman–Crippen MR) is 74.4 cm³/mol. The van der Waals surface area contributed by atoms with Crippen LogP contribution in [0.1, 0.15) is 31.1 Å². The molecule has 5 nitrogen and oxygen atoms in total. The molecule has 1 rings (SSSR count). The van der Waals surface area contributed by atoms with Crippen LogP contribution in [-0.2, 0) is 0 Å². The Labute approximate surface area is 117 Å². The zero-order chi connectivity index (χ0) is 15.4. The molecule has 0 bridgehead atoms. The van der Waals surface area contributed by atoms with Crippen LogP contribution in [0.15, 0.2) is 18.2 Å². The summed E-state index contributed by atoms with van der Waals surface area (Å²) in [6.45, 7) is 5.78. The zero-order valence-corrected chi connectivity index (χ0v) is 12.0. The fourth-order valence-electron chi connectivity index (χ4n) is 1.66. The summed E-state index contributed by atoms with van der Waals surface area (Å²) in [4.78, 5) is 24.5. The number of hydrogen-bond donors (Lipinski definition) is 2. The highest BCUT2D eigenvalue weighted by molar-refractivity contribution is 6.00. The second-order valence-corrected chi connectivity index (χ2v) is 4.99. The molecule has 0 saturated heterocycles. The standard InChI is InChI=1S/C14H19FN2O3/c1-8(2)9(3)17(4)14(20)16-12-10(13(18)19)6-5-7-11(12)15/h5-9H,1-4H3,(H,16,20)(H,18,19). The van der Waals surface area contributed by atoms with Crippen molar-refractivity contribution in [3.8, 4) is 0 Å². The number of aromatic carboxylic acids is 1. The summed E-state index contributed by atoms with van der Waals surface area (Å²) in [6, 6.07) is 3.03. The summed E-state index contributed by atoms with van der Waals surface area (Å²) in [6.07, 6.45) is 0. The number of anilines is 1. The first kappa shape index (κ1) is 15.9. The third-order valence-corrected chi connectivity index (χ3v) is 3.37. The van der Waals surface area contributed by atoms with Crippen LogP contribution in [0.25, 0.3) is 0 Å². The molecule has 0 aliphatic carbocycles. The number of carboxylic acid groups (broad SMARTS) is 1. The van der Waals surface area contributed by atoms with Crippen molar-refractivity contribution < 1.29 is 19.1 Å². The van der Waals surface area contributed by atoms with E-state index in [-0.39, 0.29) is 23.2 Å². The fourth-order valence-corrected chi connectivity index (χ4v) is 1.66. The summed E-state index contributed by atoms with van der Waals surface area (Å²) in [5.41, 5.74) is -0.586. The molecule has 0 radical (unpaired) electrons. The number of rotatable bonds is 4. The molecule has 1 unspecified atom stereocenters. The Morgan fingerprint density at radius 1 is 1.30 bits per heavy atom. The maximum atomic E-state index is 13.7. The highest BCUT2D eigenvalue weighted by Gasteiger charge is 2.22. The topological polar surface area (TPSA) is 69.6 Å². The molecule has 0 spiro atoms. The van der Waals surface area contributed by atoms with E-state index < -0.39 is 17.8 Å². The van der Waals surface area contributed by atoms with Crippen LogP contribution in [0.5, 0.6) is 0 Å². The summed E-state index contributed by atoms with van der Waals surface area (Å²) in [7, 11) is 1.58. The van der Waals surface area contributed by atoms with E-state index in [9.17, 15) is 14.0 Å². The van der Waals surface area contributed by atoms with Gasteiger partial charge < -0.3 is 15.3 Å². The highest BCUT2D eigenvalue weighted by atomic mass is 19.1. The molecule has 6 heteroatoms. The van der Waals surface area contributed by atoms with Crippen LogP contribution in [0, 0.1) is 11.7 Å². The van der Waals surface area contributed by atoms with Gasteiger partial charge in [-0.1, -0.05) is 19.9 Å². The van der Waals surface area contributed by atoms with Crippen LogP contribution in [0.4, 0.5) is 14.9 Å². The number of benzene rings is 1. The largest absolute Gasteiger partial charge is 0.478 e. The van der Waals surface area contributed by atoms with Crippen molar-refractivity contribution in [2.75, 3.05) is 12.4 Å². The van der Waals surface area contributed by atoms with E-state index in [0.717, 1.165) is 6.07 Å². The van der Waals surface area contributed by atoms with Crippen molar-refractivity contribution in [1.29, 1.82) is 0 Å². The molecular formula is C14H19FN2O3. The average Bonchev–Trinajstić information content (AvgIpc) is 2.38. The number of hydrogen-bond acceptors (Lipinski definition) is 2.